The molecule has 0 bridgehead atoms. The van der Waals surface area contributed by atoms with Crippen molar-refractivity contribution in [3.8, 4) is 0 Å². The molecule has 0 spiro atoms. The summed E-state index contributed by atoms with van der Waals surface area (Å²) in [5.41, 5.74) is 0. The maximum absolute atomic E-state index is 11.8. The van der Waals surface area contributed by atoms with E-state index in [2.05, 4.69) is 5.32 Å². The van der Waals surface area contributed by atoms with E-state index < -0.39 is 12.0 Å². The minimum absolute atomic E-state index is 0.0487. The van der Waals surface area contributed by atoms with Crippen molar-refractivity contribution in [2.24, 2.45) is 0 Å². The lowest BCUT2D eigenvalue weighted by molar-refractivity contribution is -0.142. The van der Waals surface area contributed by atoms with Crippen LogP contribution in [0.15, 0.2) is 0 Å². The molecule has 2 unspecified atom stereocenters. The number of carboxylic acids is 1. The Morgan fingerprint density at radius 3 is 2.75 bits per heavy atom. The molecular weight excluding hydrogens is 226 g/mol. The molecule has 1 rings (SSSR count). The lowest BCUT2D eigenvalue weighted by Gasteiger charge is -2.22. The van der Waals surface area contributed by atoms with Crippen molar-refractivity contribution in [3.63, 3.8) is 0 Å². The molecule has 1 fully saturated rings. The Morgan fingerprint density at radius 2 is 2.25 bits per heavy atom. The molecule has 1 saturated heterocycles. The first-order chi connectivity index (χ1) is 7.65. The molecule has 1 aliphatic rings. The lowest BCUT2D eigenvalue weighted by atomic mass is 10.1. The first kappa shape index (κ1) is 13.4. The predicted octanol–water partition coefficient (Wildman–Crippen LogP) is 1.64. The van der Waals surface area contributed by atoms with Crippen LogP contribution in [0.3, 0.4) is 0 Å². The number of aliphatic carboxylic acids is 1. The van der Waals surface area contributed by atoms with Gasteiger partial charge in [0.15, 0.2) is 0 Å². The average Bonchev–Trinajstić information content (AvgIpc) is 2.29. The molecule has 1 heterocycles. The number of carboxylic acid groups (broad SMARTS) is 1. The number of hydrogen-bond donors (Lipinski definition) is 2. The van der Waals surface area contributed by atoms with Crippen molar-refractivity contribution in [1.29, 1.82) is 0 Å². The Hall–Kier alpha value is -0.710. The zero-order valence-corrected chi connectivity index (χ0v) is 10.4. The summed E-state index contributed by atoms with van der Waals surface area (Å²) in [4.78, 5) is 22.7. The van der Waals surface area contributed by atoms with Gasteiger partial charge in [0.1, 0.15) is 6.04 Å². The third kappa shape index (κ3) is 4.04. The Morgan fingerprint density at radius 1 is 1.50 bits per heavy atom. The van der Waals surface area contributed by atoms with Crippen molar-refractivity contribution < 1.29 is 14.7 Å². The van der Waals surface area contributed by atoms with Gasteiger partial charge in [-0.1, -0.05) is 19.8 Å². The van der Waals surface area contributed by atoms with Gasteiger partial charge in [0, 0.05) is 0 Å². The van der Waals surface area contributed by atoms with Gasteiger partial charge in [-0.2, -0.15) is 0 Å². The zero-order valence-electron chi connectivity index (χ0n) is 9.57. The van der Waals surface area contributed by atoms with E-state index in [4.69, 9.17) is 5.11 Å². The first-order valence-electron chi connectivity index (χ1n) is 5.80. The maximum atomic E-state index is 11.8. The second kappa shape index (κ2) is 6.78. The van der Waals surface area contributed by atoms with Gasteiger partial charge in [-0.25, -0.2) is 4.79 Å². The number of amides is 1. The van der Waals surface area contributed by atoms with Crippen LogP contribution in [0.4, 0.5) is 0 Å². The van der Waals surface area contributed by atoms with Crippen molar-refractivity contribution >= 4 is 23.6 Å². The van der Waals surface area contributed by atoms with E-state index in [0.717, 1.165) is 31.4 Å². The van der Waals surface area contributed by atoms with Gasteiger partial charge < -0.3 is 10.4 Å². The highest BCUT2D eigenvalue weighted by molar-refractivity contribution is 8.00. The molecular formula is C11H19NO3S. The van der Waals surface area contributed by atoms with E-state index in [1.165, 1.54) is 0 Å². The molecule has 16 heavy (non-hydrogen) atoms. The fourth-order valence-electron chi connectivity index (χ4n) is 1.76. The topological polar surface area (TPSA) is 66.4 Å². The summed E-state index contributed by atoms with van der Waals surface area (Å²) in [5, 5.41) is 11.5. The Kier molecular flexibility index (Phi) is 5.66. The van der Waals surface area contributed by atoms with E-state index in [-0.39, 0.29) is 11.2 Å². The maximum Gasteiger partial charge on any atom is 0.326 e. The van der Waals surface area contributed by atoms with Crippen LogP contribution in [0.25, 0.3) is 0 Å². The first-order valence-corrected chi connectivity index (χ1v) is 6.84. The Bertz CT molecular complexity index is 252. The highest BCUT2D eigenvalue weighted by Crippen LogP contribution is 2.25. The molecule has 2 N–H and O–H groups in total. The molecule has 1 aliphatic heterocycles. The van der Waals surface area contributed by atoms with Gasteiger partial charge in [-0.15, -0.1) is 11.8 Å². The van der Waals surface area contributed by atoms with Crippen molar-refractivity contribution in [1.82, 2.24) is 5.32 Å². The minimum Gasteiger partial charge on any atom is -0.480 e. The van der Waals surface area contributed by atoms with Crippen LogP contribution in [0.1, 0.15) is 39.0 Å². The average molecular weight is 245 g/mol. The molecule has 1 amide bonds. The molecule has 5 heteroatoms. The second-order valence-electron chi connectivity index (χ2n) is 4.04. The lowest BCUT2D eigenvalue weighted by Crippen LogP contribution is -2.45. The smallest absolute Gasteiger partial charge is 0.326 e. The molecule has 4 nitrogen and oxygen atoms in total. The molecule has 0 aliphatic carbocycles. The van der Waals surface area contributed by atoms with Crippen LogP contribution in [0, 0.1) is 0 Å². The summed E-state index contributed by atoms with van der Waals surface area (Å²) in [5.74, 6) is -0.0366. The summed E-state index contributed by atoms with van der Waals surface area (Å²) in [6, 6.07) is -0.722. The minimum atomic E-state index is -0.934. The van der Waals surface area contributed by atoms with E-state index in [1.807, 2.05) is 6.92 Å². The standard InChI is InChI=1S/C11H19NO3S/c1-2-5-8(11(14)15)12-10(13)9-6-3-4-7-16-9/h8-9H,2-7H2,1H3,(H,12,13)(H,14,15). The fourth-order valence-corrected chi connectivity index (χ4v) is 2.97. The summed E-state index contributed by atoms with van der Waals surface area (Å²) >= 11 is 1.64. The zero-order chi connectivity index (χ0) is 12.0. The number of carbonyl (C=O) groups is 2. The van der Waals surface area contributed by atoms with Gasteiger partial charge in [0.25, 0.3) is 0 Å². The molecule has 0 aromatic carbocycles. The van der Waals surface area contributed by atoms with Crippen LogP contribution >= 0.6 is 11.8 Å². The number of thioether (sulfide) groups is 1. The van der Waals surface area contributed by atoms with E-state index in [0.29, 0.717) is 6.42 Å². The second-order valence-corrected chi connectivity index (χ2v) is 5.35. The number of rotatable bonds is 5. The Balaban J connectivity index is 2.43. The van der Waals surface area contributed by atoms with Crippen LogP contribution in [-0.2, 0) is 9.59 Å². The largest absolute Gasteiger partial charge is 0.480 e. The number of nitrogens with one attached hydrogen (secondary N) is 1. The summed E-state index contributed by atoms with van der Waals surface area (Å²) in [6.45, 7) is 1.91. The fraction of sp³-hybridized carbons (Fsp3) is 0.818. The highest BCUT2D eigenvalue weighted by Gasteiger charge is 2.26. The molecule has 0 aromatic heterocycles. The van der Waals surface area contributed by atoms with E-state index >= 15 is 0 Å². The summed E-state index contributed by atoms with van der Waals surface area (Å²) in [6.07, 6.45) is 4.35. The van der Waals surface area contributed by atoms with Crippen LogP contribution in [-0.4, -0.2) is 34.0 Å². The van der Waals surface area contributed by atoms with E-state index in [9.17, 15) is 9.59 Å². The molecule has 2 atom stereocenters. The molecule has 0 radical (unpaired) electrons. The van der Waals surface area contributed by atoms with Gasteiger partial charge >= 0.3 is 5.97 Å². The predicted molar refractivity (Wildman–Crippen MR) is 64.6 cm³/mol. The van der Waals surface area contributed by atoms with Gasteiger partial charge in [0.2, 0.25) is 5.91 Å². The normalized spacial score (nSPS) is 22.4. The Labute approximate surface area is 100 Å². The third-order valence-corrected chi connectivity index (χ3v) is 4.04. The van der Waals surface area contributed by atoms with E-state index in [1.54, 1.807) is 11.8 Å². The SMILES string of the molecule is CCCC(NC(=O)C1CCCCS1)C(=O)O. The molecule has 92 valence electrons. The monoisotopic (exact) mass is 245 g/mol. The van der Waals surface area contributed by atoms with Gasteiger partial charge in [-0.3, -0.25) is 4.79 Å². The van der Waals surface area contributed by atoms with Crippen LogP contribution < -0.4 is 5.32 Å². The number of carbonyl (C=O) groups excluding carboxylic acids is 1. The summed E-state index contributed by atoms with van der Waals surface area (Å²) < 4.78 is 0. The molecule has 0 saturated carbocycles. The quantitative estimate of drug-likeness (QED) is 0.772. The number of hydrogen-bond acceptors (Lipinski definition) is 3. The van der Waals surface area contributed by atoms with Crippen LogP contribution in [0.5, 0.6) is 0 Å². The molecule has 0 aromatic rings. The third-order valence-electron chi connectivity index (χ3n) is 2.66. The highest BCUT2D eigenvalue weighted by atomic mass is 32.2. The van der Waals surface area contributed by atoms with Crippen molar-refractivity contribution in [2.75, 3.05) is 5.75 Å². The van der Waals surface area contributed by atoms with Crippen LogP contribution in [0.2, 0.25) is 0 Å². The van der Waals surface area contributed by atoms with Gasteiger partial charge in [-0.05, 0) is 25.0 Å². The van der Waals surface area contributed by atoms with Crippen molar-refractivity contribution in [2.45, 2.75) is 50.3 Å². The van der Waals surface area contributed by atoms with Gasteiger partial charge in [0.05, 0.1) is 5.25 Å². The summed E-state index contributed by atoms with van der Waals surface area (Å²) in [7, 11) is 0. The van der Waals surface area contributed by atoms with Crippen molar-refractivity contribution in [3.05, 3.63) is 0 Å².